The van der Waals surface area contributed by atoms with Gasteiger partial charge in [-0.3, -0.25) is 4.55 Å². The number of hydrogen-bond donors (Lipinski definition) is 1. The van der Waals surface area contributed by atoms with Crippen LogP contribution in [0.3, 0.4) is 0 Å². The van der Waals surface area contributed by atoms with Crippen molar-refractivity contribution >= 4 is 16.1 Å². The van der Waals surface area contributed by atoms with Crippen LogP contribution in [0.5, 0.6) is 0 Å². The van der Waals surface area contributed by atoms with E-state index in [1.165, 1.54) is 6.07 Å². The highest BCUT2D eigenvalue weighted by Crippen LogP contribution is 2.27. The van der Waals surface area contributed by atoms with Gasteiger partial charge in [0.25, 0.3) is 10.1 Å². The zero-order valence-corrected chi connectivity index (χ0v) is 16.9. The van der Waals surface area contributed by atoms with Crippen molar-refractivity contribution in [3.05, 3.63) is 29.3 Å². The summed E-state index contributed by atoms with van der Waals surface area (Å²) in [5.74, 6) is 1.33. The van der Waals surface area contributed by atoms with Crippen LogP contribution in [0.15, 0.2) is 23.1 Å². The van der Waals surface area contributed by atoms with Crippen molar-refractivity contribution in [2.45, 2.75) is 57.4 Å². The number of benzene rings is 1. The summed E-state index contributed by atoms with van der Waals surface area (Å²) in [6.07, 6.45) is 3.57. The minimum Gasteiger partial charge on any atom is -0.340 e. The van der Waals surface area contributed by atoms with Gasteiger partial charge in [-0.2, -0.15) is 8.42 Å². The maximum absolute atomic E-state index is 11.6. The summed E-state index contributed by atoms with van der Waals surface area (Å²) in [6, 6.07) is 5.28. The van der Waals surface area contributed by atoms with E-state index >= 15 is 0 Å². The quantitative estimate of drug-likeness (QED) is 0.753. The number of aryl methyl sites for hydroxylation is 2. The molecule has 2 heterocycles. The van der Waals surface area contributed by atoms with E-state index in [1.807, 2.05) is 17.7 Å². The van der Waals surface area contributed by atoms with Crippen molar-refractivity contribution in [2.24, 2.45) is 5.92 Å². The number of rotatable bonds is 6. The zero-order chi connectivity index (χ0) is 19.6. The Balaban J connectivity index is 1.61. The number of nitrogens with zero attached hydrogens (tertiary/aromatic N) is 5. The highest BCUT2D eigenvalue weighted by atomic mass is 32.2. The average Bonchev–Trinajstić information content (AvgIpc) is 3.09. The number of anilines is 1. The van der Waals surface area contributed by atoms with Crippen molar-refractivity contribution in [1.29, 1.82) is 0 Å². The molecule has 0 radical (unpaired) electrons. The molecule has 0 saturated carbocycles. The van der Waals surface area contributed by atoms with E-state index in [2.05, 4.69) is 34.3 Å². The first kappa shape index (κ1) is 19.8. The van der Waals surface area contributed by atoms with Crippen LogP contribution < -0.4 is 4.90 Å². The van der Waals surface area contributed by atoms with Crippen molar-refractivity contribution in [2.75, 3.05) is 18.0 Å². The van der Waals surface area contributed by atoms with Gasteiger partial charge >= 0.3 is 0 Å². The molecule has 0 atom stereocenters. The van der Waals surface area contributed by atoms with Gasteiger partial charge in [0.2, 0.25) is 5.95 Å². The van der Waals surface area contributed by atoms with Gasteiger partial charge in [-0.05, 0) is 74.4 Å². The third-order valence-corrected chi connectivity index (χ3v) is 6.13. The lowest BCUT2D eigenvalue weighted by Gasteiger charge is -2.32. The molecule has 0 spiro atoms. The first-order valence-corrected chi connectivity index (χ1v) is 10.8. The fourth-order valence-corrected chi connectivity index (χ4v) is 4.40. The minimum atomic E-state index is -4.19. The summed E-state index contributed by atoms with van der Waals surface area (Å²) in [5.41, 5.74) is 1.69. The monoisotopic (exact) mass is 393 g/mol. The van der Waals surface area contributed by atoms with Crippen LogP contribution in [-0.4, -0.2) is 46.3 Å². The fraction of sp³-hybridized carbons (Fsp3) is 0.611. The summed E-state index contributed by atoms with van der Waals surface area (Å²) in [5, 5.41) is 12.0. The van der Waals surface area contributed by atoms with Crippen LogP contribution in [0, 0.1) is 12.8 Å². The number of hydrogen-bond acceptors (Lipinski definition) is 6. The number of tetrazole rings is 1. The van der Waals surface area contributed by atoms with E-state index in [0.29, 0.717) is 17.9 Å². The van der Waals surface area contributed by atoms with Crippen LogP contribution in [0.4, 0.5) is 5.95 Å². The smallest absolute Gasteiger partial charge is 0.294 e. The first-order chi connectivity index (χ1) is 12.8. The molecule has 0 bridgehead atoms. The van der Waals surface area contributed by atoms with Crippen LogP contribution in [0.25, 0.3) is 0 Å². The Bertz CT molecular complexity index is 886. The molecule has 1 aliphatic heterocycles. The molecule has 1 N–H and O–H groups in total. The molecule has 0 amide bonds. The van der Waals surface area contributed by atoms with Crippen LogP contribution in [-0.2, 0) is 16.5 Å². The van der Waals surface area contributed by atoms with Gasteiger partial charge in [0.05, 0.1) is 10.9 Å². The van der Waals surface area contributed by atoms with Gasteiger partial charge in [0, 0.05) is 13.1 Å². The Morgan fingerprint density at radius 2 is 1.96 bits per heavy atom. The van der Waals surface area contributed by atoms with Crippen LogP contribution in [0.1, 0.15) is 50.3 Å². The summed E-state index contributed by atoms with van der Waals surface area (Å²) >= 11 is 0. The van der Waals surface area contributed by atoms with Crippen LogP contribution >= 0.6 is 0 Å². The van der Waals surface area contributed by atoms with Gasteiger partial charge in [0.1, 0.15) is 0 Å². The second-order valence-electron chi connectivity index (χ2n) is 7.57. The topological polar surface area (TPSA) is 101 Å². The molecule has 2 aromatic rings. The Morgan fingerprint density at radius 1 is 1.26 bits per heavy atom. The number of piperidine rings is 1. The highest BCUT2D eigenvalue weighted by molar-refractivity contribution is 7.85. The highest BCUT2D eigenvalue weighted by Gasteiger charge is 2.24. The molecule has 0 unspecified atom stereocenters. The lowest BCUT2D eigenvalue weighted by molar-refractivity contribution is 0.373. The summed E-state index contributed by atoms with van der Waals surface area (Å²) in [7, 11) is -4.19. The molecule has 27 heavy (non-hydrogen) atoms. The summed E-state index contributed by atoms with van der Waals surface area (Å²) < 4.78 is 34.5. The predicted octanol–water partition coefficient (Wildman–Crippen LogP) is 2.66. The van der Waals surface area contributed by atoms with Crippen molar-refractivity contribution < 1.29 is 13.0 Å². The van der Waals surface area contributed by atoms with E-state index in [0.717, 1.165) is 43.9 Å². The van der Waals surface area contributed by atoms with E-state index in [1.54, 1.807) is 6.07 Å². The molecular formula is C18H27N5O3S. The van der Waals surface area contributed by atoms with E-state index in [9.17, 15) is 13.0 Å². The predicted molar refractivity (Wildman–Crippen MR) is 102 cm³/mol. The molecule has 8 nitrogen and oxygen atoms in total. The third kappa shape index (κ3) is 4.65. The fourth-order valence-electron chi connectivity index (χ4n) is 3.67. The largest absolute Gasteiger partial charge is 0.340 e. The normalized spacial score (nSPS) is 16.3. The lowest BCUT2D eigenvalue weighted by Crippen LogP contribution is -2.36. The Kier molecular flexibility index (Phi) is 5.81. The third-order valence-electron chi connectivity index (χ3n) is 5.18. The molecule has 1 aromatic carbocycles. The average molecular weight is 394 g/mol. The van der Waals surface area contributed by atoms with Crippen molar-refractivity contribution in [3.8, 4) is 0 Å². The molecule has 0 aliphatic carbocycles. The first-order valence-electron chi connectivity index (χ1n) is 9.35. The van der Waals surface area contributed by atoms with Gasteiger partial charge < -0.3 is 4.90 Å². The van der Waals surface area contributed by atoms with Gasteiger partial charge in [-0.25, -0.2) is 4.68 Å². The minimum absolute atomic E-state index is 0.0293. The summed E-state index contributed by atoms with van der Waals surface area (Å²) in [4.78, 5) is 2.24. The van der Waals surface area contributed by atoms with Gasteiger partial charge in [-0.15, -0.1) is 0 Å². The molecule has 148 valence electrons. The van der Waals surface area contributed by atoms with Crippen molar-refractivity contribution in [3.63, 3.8) is 0 Å². The van der Waals surface area contributed by atoms with Gasteiger partial charge in [0.15, 0.2) is 0 Å². The molecule has 1 fully saturated rings. The second kappa shape index (κ2) is 7.93. The maximum atomic E-state index is 11.6. The van der Waals surface area contributed by atoms with Gasteiger partial charge in [-0.1, -0.05) is 22.8 Å². The Labute approximate surface area is 160 Å². The van der Waals surface area contributed by atoms with E-state index in [4.69, 9.17) is 0 Å². The second-order valence-corrected chi connectivity index (χ2v) is 8.96. The SMILES string of the molecule is Cc1ccc(S(=O)(=O)O)c(CCC2CCN(c3nnnn3C(C)C)CC2)c1. The molecule has 1 saturated heterocycles. The molecular weight excluding hydrogens is 366 g/mol. The standard InChI is InChI=1S/C18H27N5O3S/c1-13(2)23-18(19-20-21-23)22-10-8-15(9-11-22)5-6-16-12-14(3)4-7-17(16)27(24,25)26/h4,7,12-13,15H,5-6,8-11H2,1-3H3,(H,24,25,26). The Morgan fingerprint density at radius 3 is 2.59 bits per heavy atom. The van der Waals surface area contributed by atoms with E-state index in [-0.39, 0.29) is 10.9 Å². The van der Waals surface area contributed by atoms with E-state index < -0.39 is 10.1 Å². The molecule has 3 rings (SSSR count). The maximum Gasteiger partial charge on any atom is 0.294 e. The molecule has 1 aliphatic rings. The van der Waals surface area contributed by atoms with Crippen molar-refractivity contribution in [1.82, 2.24) is 20.2 Å². The molecule has 9 heteroatoms. The Hall–Kier alpha value is -2.00. The number of aromatic nitrogens is 4. The van der Waals surface area contributed by atoms with Crippen LogP contribution in [0.2, 0.25) is 0 Å². The summed E-state index contributed by atoms with van der Waals surface area (Å²) in [6.45, 7) is 7.81. The zero-order valence-electron chi connectivity index (χ0n) is 16.0. The lowest BCUT2D eigenvalue weighted by atomic mass is 9.90. The molecule has 1 aromatic heterocycles.